The minimum absolute atomic E-state index is 1.17. The van der Waals surface area contributed by atoms with E-state index in [1.54, 1.807) is 0 Å². The maximum Gasteiger partial charge on any atom is 0.0544 e. The van der Waals surface area contributed by atoms with E-state index in [4.69, 9.17) is 0 Å². The van der Waals surface area contributed by atoms with Crippen molar-refractivity contribution in [1.82, 2.24) is 9.97 Å². The third kappa shape index (κ3) is 1.18. The van der Waals surface area contributed by atoms with Gasteiger partial charge in [0.2, 0.25) is 0 Å². The molecular weight excluding hydrogens is 244 g/mol. The summed E-state index contributed by atoms with van der Waals surface area (Å²) in [5, 5.41) is 6.40. The van der Waals surface area contributed by atoms with E-state index in [1.807, 2.05) is 6.20 Å². The highest BCUT2D eigenvalue weighted by molar-refractivity contribution is 6.18. The highest BCUT2D eigenvalue weighted by atomic mass is 14.7. The molecule has 5 aromatic rings. The van der Waals surface area contributed by atoms with Crippen LogP contribution in [0.5, 0.6) is 0 Å². The third-order valence-corrected chi connectivity index (χ3v) is 4.17. The molecule has 0 aliphatic rings. The Bertz CT molecular complexity index is 1100. The zero-order chi connectivity index (χ0) is 13.1. The summed E-state index contributed by atoms with van der Waals surface area (Å²) in [6.07, 6.45) is 1.99. The molecular formula is C18H12N2. The molecule has 2 heteroatoms. The molecule has 0 fully saturated rings. The van der Waals surface area contributed by atoms with E-state index in [1.165, 1.54) is 43.5 Å². The number of fused-ring (bicyclic) bond motifs is 6. The van der Waals surface area contributed by atoms with Crippen LogP contribution in [0.25, 0.3) is 43.5 Å². The molecule has 94 valence electrons. The van der Waals surface area contributed by atoms with Gasteiger partial charge in [-0.1, -0.05) is 36.4 Å². The van der Waals surface area contributed by atoms with E-state index in [0.29, 0.717) is 0 Å². The van der Waals surface area contributed by atoms with Crippen LogP contribution in [0.1, 0.15) is 0 Å². The lowest BCUT2D eigenvalue weighted by molar-refractivity contribution is 1.47. The number of nitrogens with one attached hydrogen (secondary N) is 2. The van der Waals surface area contributed by atoms with Gasteiger partial charge >= 0.3 is 0 Å². The van der Waals surface area contributed by atoms with Gasteiger partial charge in [0.05, 0.1) is 5.52 Å². The van der Waals surface area contributed by atoms with E-state index in [0.717, 1.165) is 0 Å². The summed E-state index contributed by atoms with van der Waals surface area (Å²) in [7, 11) is 0. The van der Waals surface area contributed by atoms with Crippen LogP contribution in [0.3, 0.4) is 0 Å². The average Bonchev–Trinajstić information content (AvgIpc) is 3.08. The summed E-state index contributed by atoms with van der Waals surface area (Å²) in [6.45, 7) is 0. The molecule has 0 saturated carbocycles. The fraction of sp³-hybridized carbons (Fsp3) is 0. The Hall–Kier alpha value is -2.74. The second-order valence-electron chi connectivity index (χ2n) is 5.30. The molecule has 2 N–H and O–H groups in total. The van der Waals surface area contributed by atoms with Gasteiger partial charge in [-0.3, -0.25) is 0 Å². The van der Waals surface area contributed by atoms with Crippen LogP contribution in [0, 0.1) is 0 Å². The molecule has 0 aliphatic carbocycles. The zero-order valence-corrected chi connectivity index (χ0v) is 10.8. The molecule has 0 radical (unpaired) electrons. The van der Waals surface area contributed by atoms with Crippen LogP contribution in [0.2, 0.25) is 0 Å². The molecule has 0 bridgehead atoms. The van der Waals surface area contributed by atoms with Crippen molar-refractivity contribution in [2.24, 2.45) is 0 Å². The first-order valence-corrected chi connectivity index (χ1v) is 6.80. The summed E-state index contributed by atoms with van der Waals surface area (Å²) in [5.74, 6) is 0. The van der Waals surface area contributed by atoms with Crippen LogP contribution in [-0.2, 0) is 0 Å². The van der Waals surface area contributed by atoms with Gasteiger partial charge in [-0.05, 0) is 23.6 Å². The molecule has 2 aromatic heterocycles. The smallest absolute Gasteiger partial charge is 0.0544 e. The van der Waals surface area contributed by atoms with E-state index in [9.17, 15) is 0 Å². The Morgan fingerprint density at radius 3 is 2.60 bits per heavy atom. The fourth-order valence-electron chi connectivity index (χ4n) is 3.19. The number of aromatic nitrogens is 2. The van der Waals surface area contributed by atoms with Gasteiger partial charge in [0.25, 0.3) is 0 Å². The van der Waals surface area contributed by atoms with Gasteiger partial charge in [0.1, 0.15) is 0 Å². The maximum absolute atomic E-state index is 3.58. The predicted octanol–water partition coefficient (Wildman–Crippen LogP) is 4.96. The Balaban J connectivity index is 2.07. The van der Waals surface area contributed by atoms with Crippen molar-refractivity contribution in [2.45, 2.75) is 0 Å². The Morgan fingerprint density at radius 2 is 1.60 bits per heavy atom. The molecule has 0 saturated heterocycles. The minimum Gasteiger partial charge on any atom is -0.361 e. The Labute approximate surface area is 115 Å². The van der Waals surface area contributed by atoms with E-state index < -0.39 is 0 Å². The Morgan fingerprint density at radius 1 is 0.650 bits per heavy atom. The first kappa shape index (κ1) is 10.1. The van der Waals surface area contributed by atoms with Crippen molar-refractivity contribution in [2.75, 3.05) is 0 Å². The minimum atomic E-state index is 1.17. The van der Waals surface area contributed by atoms with Crippen LogP contribution in [-0.4, -0.2) is 9.97 Å². The number of benzene rings is 3. The zero-order valence-electron chi connectivity index (χ0n) is 10.8. The van der Waals surface area contributed by atoms with Crippen molar-refractivity contribution >= 4 is 43.5 Å². The average molecular weight is 256 g/mol. The third-order valence-electron chi connectivity index (χ3n) is 4.17. The topological polar surface area (TPSA) is 31.6 Å². The molecule has 0 atom stereocenters. The fourth-order valence-corrected chi connectivity index (χ4v) is 3.19. The lowest BCUT2D eigenvalue weighted by Crippen LogP contribution is -1.74. The van der Waals surface area contributed by atoms with E-state index in [-0.39, 0.29) is 0 Å². The van der Waals surface area contributed by atoms with Crippen molar-refractivity contribution in [1.29, 1.82) is 0 Å². The molecule has 2 nitrogen and oxygen atoms in total. The van der Waals surface area contributed by atoms with Crippen molar-refractivity contribution in [3.63, 3.8) is 0 Å². The number of hydrogen-bond acceptors (Lipinski definition) is 0. The molecule has 20 heavy (non-hydrogen) atoms. The molecule has 0 aliphatic heterocycles. The Kier molecular flexibility index (Phi) is 1.73. The predicted molar refractivity (Wildman–Crippen MR) is 85.2 cm³/mol. The lowest BCUT2D eigenvalue weighted by atomic mass is 10.1. The van der Waals surface area contributed by atoms with Crippen LogP contribution in [0.15, 0.2) is 60.8 Å². The SMILES string of the molecule is c1ccc2c(c1)ccc1c3cc4cc[nH]c4cc3[nH]c21. The van der Waals surface area contributed by atoms with Crippen molar-refractivity contribution in [3.8, 4) is 0 Å². The van der Waals surface area contributed by atoms with Gasteiger partial charge in [-0.2, -0.15) is 0 Å². The highest BCUT2D eigenvalue weighted by Crippen LogP contribution is 2.33. The summed E-state index contributed by atoms with van der Waals surface area (Å²) >= 11 is 0. The maximum atomic E-state index is 3.58. The van der Waals surface area contributed by atoms with Crippen LogP contribution in [0.4, 0.5) is 0 Å². The number of rotatable bonds is 0. The highest BCUT2D eigenvalue weighted by Gasteiger charge is 2.08. The summed E-state index contributed by atoms with van der Waals surface area (Å²) in [6, 6.07) is 19.5. The largest absolute Gasteiger partial charge is 0.361 e. The van der Waals surface area contributed by atoms with Crippen LogP contribution >= 0.6 is 0 Å². The first-order chi connectivity index (χ1) is 9.90. The first-order valence-electron chi connectivity index (χ1n) is 6.80. The van der Waals surface area contributed by atoms with Gasteiger partial charge in [0.15, 0.2) is 0 Å². The van der Waals surface area contributed by atoms with E-state index >= 15 is 0 Å². The molecule has 0 unspecified atom stereocenters. The number of hydrogen-bond donors (Lipinski definition) is 2. The second kappa shape index (κ2) is 3.42. The monoisotopic (exact) mass is 256 g/mol. The van der Waals surface area contributed by atoms with Gasteiger partial charge < -0.3 is 9.97 Å². The standard InChI is InChI=1S/C18H12N2/c1-2-4-13-11(3-1)5-6-14-15-9-12-7-8-19-16(12)10-17(15)20-18(13)14/h1-10,19-20H. The molecule has 0 amide bonds. The van der Waals surface area contributed by atoms with Crippen molar-refractivity contribution < 1.29 is 0 Å². The van der Waals surface area contributed by atoms with Crippen molar-refractivity contribution in [3.05, 3.63) is 60.8 Å². The van der Waals surface area contributed by atoms with E-state index in [2.05, 4.69) is 64.6 Å². The summed E-state index contributed by atoms with van der Waals surface area (Å²) < 4.78 is 0. The number of aromatic amines is 2. The van der Waals surface area contributed by atoms with Gasteiger partial charge in [0, 0.05) is 38.8 Å². The summed E-state index contributed by atoms with van der Waals surface area (Å²) in [5.41, 5.74) is 3.59. The molecule has 0 spiro atoms. The normalized spacial score (nSPS) is 12.0. The summed E-state index contributed by atoms with van der Waals surface area (Å²) in [4.78, 5) is 6.86. The molecule has 3 aromatic carbocycles. The number of H-pyrrole nitrogens is 2. The molecule has 5 rings (SSSR count). The lowest BCUT2D eigenvalue weighted by Gasteiger charge is -1.98. The quantitative estimate of drug-likeness (QED) is 0.392. The van der Waals surface area contributed by atoms with Crippen LogP contribution < -0.4 is 0 Å². The molecule has 2 heterocycles. The van der Waals surface area contributed by atoms with Gasteiger partial charge in [-0.15, -0.1) is 0 Å². The second-order valence-corrected chi connectivity index (χ2v) is 5.30. The van der Waals surface area contributed by atoms with Gasteiger partial charge in [-0.25, -0.2) is 0 Å².